The Bertz CT molecular complexity index is 1140. The van der Waals surface area contributed by atoms with Crippen molar-refractivity contribution in [1.82, 2.24) is 19.1 Å². The molecule has 8 nitrogen and oxygen atoms in total. The van der Waals surface area contributed by atoms with E-state index in [-0.39, 0.29) is 35.7 Å². The molecule has 1 aromatic carbocycles. The van der Waals surface area contributed by atoms with E-state index in [1.807, 2.05) is 18.7 Å². The van der Waals surface area contributed by atoms with Gasteiger partial charge < -0.3 is 9.64 Å². The molecule has 148 valence electrons. The van der Waals surface area contributed by atoms with Gasteiger partial charge in [0.15, 0.2) is 11.2 Å². The molecule has 1 fully saturated rings. The molecule has 0 radical (unpaired) electrons. The number of ether oxygens (including phenoxy) is 1. The van der Waals surface area contributed by atoms with E-state index in [1.165, 1.54) is 10.6 Å². The summed E-state index contributed by atoms with van der Waals surface area (Å²) >= 11 is 0. The first-order valence-electron chi connectivity index (χ1n) is 9.18. The van der Waals surface area contributed by atoms with Gasteiger partial charge in [-0.1, -0.05) is 18.2 Å². The molecule has 0 spiro atoms. The number of morpholine rings is 1. The lowest BCUT2D eigenvalue weighted by Gasteiger charge is -2.36. The van der Waals surface area contributed by atoms with Gasteiger partial charge in [-0.15, -0.1) is 0 Å². The smallest absolute Gasteiger partial charge is 0.329 e. The van der Waals surface area contributed by atoms with E-state index in [4.69, 9.17) is 4.74 Å². The molecule has 1 N–H and O–H groups in total. The van der Waals surface area contributed by atoms with Crippen molar-refractivity contribution < 1.29 is 9.13 Å². The Morgan fingerprint density at radius 2 is 1.89 bits per heavy atom. The van der Waals surface area contributed by atoms with Crippen molar-refractivity contribution in [2.45, 2.75) is 32.6 Å². The van der Waals surface area contributed by atoms with Crippen molar-refractivity contribution in [2.75, 3.05) is 18.0 Å². The lowest BCUT2D eigenvalue weighted by molar-refractivity contribution is -0.00586. The van der Waals surface area contributed by atoms with Gasteiger partial charge in [0.1, 0.15) is 5.82 Å². The topological polar surface area (TPSA) is 85.2 Å². The molecule has 3 aromatic rings. The number of nitrogens with zero attached hydrogens (tertiary/aromatic N) is 4. The van der Waals surface area contributed by atoms with Gasteiger partial charge in [-0.3, -0.25) is 18.9 Å². The van der Waals surface area contributed by atoms with Crippen LogP contribution < -0.4 is 16.1 Å². The number of fused-ring (bicyclic) bond motifs is 1. The first-order valence-corrected chi connectivity index (χ1v) is 9.18. The Balaban J connectivity index is 1.94. The molecule has 3 heterocycles. The fourth-order valence-corrected chi connectivity index (χ4v) is 3.75. The molecule has 28 heavy (non-hydrogen) atoms. The molecule has 2 aromatic heterocycles. The van der Waals surface area contributed by atoms with Gasteiger partial charge in [0, 0.05) is 25.7 Å². The molecule has 0 saturated carbocycles. The summed E-state index contributed by atoms with van der Waals surface area (Å²) in [4.78, 5) is 33.6. The summed E-state index contributed by atoms with van der Waals surface area (Å²) < 4.78 is 23.1. The number of aryl methyl sites for hydroxylation is 1. The lowest BCUT2D eigenvalue weighted by atomic mass is 10.2. The van der Waals surface area contributed by atoms with Crippen molar-refractivity contribution in [3.63, 3.8) is 0 Å². The Labute approximate surface area is 160 Å². The van der Waals surface area contributed by atoms with Crippen LogP contribution in [-0.4, -0.2) is 44.4 Å². The second-order valence-corrected chi connectivity index (χ2v) is 7.24. The van der Waals surface area contributed by atoms with E-state index in [2.05, 4.69) is 9.97 Å². The van der Waals surface area contributed by atoms with Crippen LogP contribution in [0.25, 0.3) is 11.2 Å². The van der Waals surface area contributed by atoms with Gasteiger partial charge in [0.05, 0.1) is 18.8 Å². The van der Waals surface area contributed by atoms with Crippen molar-refractivity contribution in [3.8, 4) is 0 Å². The standard InChI is InChI=1S/C19H22FN5O3/c1-11-8-24(9-12(2)28-11)18-21-16-15(17(26)22-19(27)23(16)3)25(18)10-13-6-4-5-7-14(13)20/h4-7,11-12H,8-10H2,1-3H3,(H,22,26,27)/t11-,12+. The Kier molecular flexibility index (Phi) is 4.54. The van der Waals surface area contributed by atoms with Crippen LogP contribution in [0.4, 0.5) is 10.3 Å². The SMILES string of the molecule is C[C@@H]1CN(c2nc3c(c(=O)[nH]c(=O)n3C)n2Cc2ccccc2F)C[C@H](C)O1. The maximum Gasteiger partial charge on any atom is 0.329 e. The lowest BCUT2D eigenvalue weighted by Crippen LogP contribution is -2.46. The molecule has 1 saturated heterocycles. The third-order valence-corrected chi connectivity index (χ3v) is 4.98. The van der Waals surface area contributed by atoms with Crippen molar-refractivity contribution >= 4 is 17.1 Å². The molecule has 0 bridgehead atoms. The molecule has 1 aliphatic rings. The second-order valence-electron chi connectivity index (χ2n) is 7.24. The average Bonchev–Trinajstić information content (AvgIpc) is 3.01. The summed E-state index contributed by atoms with van der Waals surface area (Å²) in [6.07, 6.45) is -0.0415. The van der Waals surface area contributed by atoms with Gasteiger partial charge in [0.2, 0.25) is 5.95 Å². The number of halogens is 1. The molecule has 1 aliphatic heterocycles. The third kappa shape index (κ3) is 3.11. The van der Waals surface area contributed by atoms with Crippen LogP contribution in [0.5, 0.6) is 0 Å². The molecule has 4 rings (SSSR count). The highest BCUT2D eigenvalue weighted by Crippen LogP contribution is 2.25. The highest BCUT2D eigenvalue weighted by atomic mass is 19.1. The van der Waals surface area contributed by atoms with E-state index in [0.717, 1.165) is 0 Å². The zero-order chi connectivity index (χ0) is 20.0. The quantitative estimate of drug-likeness (QED) is 0.731. The van der Waals surface area contributed by atoms with E-state index in [9.17, 15) is 14.0 Å². The minimum absolute atomic E-state index is 0.0208. The largest absolute Gasteiger partial charge is 0.372 e. The number of hydrogen-bond donors (Lipinski definition) is 1. The van der Waals surface area contributed by atoms with Crippen molar-refractivity contribution in [1.29, 1.82) is 0 Å². The summed E-state index contributed by atoms with van der Waals surface area (Å²) in [5.74, 6) is 0.159. The van der Waals surface area contributed by atoms with Crippen LogP contribution in [0, 0.1) is 5.82 Å². The minimum atomic E-state index is -0.539. The number of benzene rings is 1. The molecular formula is C19H22FN5O3. The molecule has 2 atom stereocenters. The summed E-state index contributed by atoms with van der Waals surface area (Å²) in [6, 6.07) is 6.42. The summed E-state index contributed by atoms with van der Waals surface area (Å²) in [6.45, 7) is 5.22. The zero-order valence-electron chi connectivity index (χ0n) is 16.0. The highest BCUT2D eigenvalue weighted by molar-refractivity contribution is 5.74. The van der Waals surface area contributed by atoms with E-state index >= 15 is 0 Å². The number of hydrogen-bond acceptors (Lipinski definition) is 5. The van der Waals surface area contributed by atoms with Gasteiger partial charge in [-0.25, -0.2) is 9.18 Å². The fraction of sp³-hybridized carbons (Fsp3) is 0.421. The van der Waals surface area contributed by atoms with Gasteiger partial charge in [-0.05, 0) is 19.9 Å². The number of nitrogens with one attached hydrogen (secondary N) is 1. The van der Waals surface area contributed by atoms with Crippen molar-refractivity contribution in [2.24, 2.45) is 7.05 Å². The Morgan fingerprint density at radius 1 is 1.21 bits per heavy atom. The minimum Gasteiger partial charge on any atom is -0.372 e. The average molecular weight is 387 g/mol. The van der Waals surface area contributed by atoms with Gasteiger partial charge in [0.25, 0.3) is 5.56 Å². The van der Waals surface area contributed by atoms with Crippen LogP contribution in [0.15, 0.2) is 33.9 Å². The summed E-state index contributed by atoms with van der Waals surface area (Å²) in [5.41, 5.74) is -0.129. The number of anilines is 1. The second kappa shape index (κ2) is 6.90. The van der Waals surface area contributed by atoms with E-state index in [1.54, 1.807) is 29.8 Å². The molecule has 0 unspecified atom stereocenters. The maximum absolute atomic E-state index is 14.3. The monoisotopic (exact) mass is 387 g/mol. The maximum atomic E-state index is 14.3. The molecule has 9 heteroatoms. The number of aromatic nitrogens is 4. The van der Waals surface area contributed by atoms with E-state index < -0.39 is 11.2 Å². The van der Waals surface area contributed by atoms with Crippen LogP contribution in [0.2, 0.25) is 0 Å². The number of aromatic amines is 1. The number of imidazole rings is 1. The highest BCUT2D eigenvalue weighted by Gasteiger charge is 2.28. The van der Waals surface area contributed by atoms with Gasteiger partial charge in [-0.2, -0.15) is 4.98 Å². The predicted octanol–water partition coefficient (Wildman–Crippen LogP) is 1.22. The van der Waals surface area contributed by atoms with Crippen LogP contribution in [0.3, 0.4) is 0 Å². The number of rotatable bonds is 3. The fourth-order valence-electron chi connectivity index (χ4n) is 3.75. The molecular weight excluding hydrogens is 365 g/mol. The van der Waals surface area contributed by atoms with E-state index in [0.29, 0.717) is 24.6 Å². The van der Waals surface area contributed by atoms with Crippen molar-refractivity contribution in [3.05, 3.63) is 56.5 Å². The predicted molar refractivity (Wildman–Crippen MR) is 103 cm³/mol. The Morgan fingerprint density at radius 3 is 2.57 bits per heavy atom. The third-order valence-electron chi connectivity index (χ3n) is 4.98. The summed E-state index contributed by atoms with van der Waals surface area (Å²) in [5, 5.41) is 0. The Hall–Kier alpha value is -2.94. The summed E-state index contributed by atoms with van der Waals surface area (Å²) in [7, 11) is 1.55. The van der Waals surface area contributed by atoms with Crippen LogP contribution >= 0.6 is 0 Å². The van der Waals surface area contributed by atoms with Crippen LogP contribution in [-0.2, 0) is 18.3 Å². The zero-order valence-corrected chi connectivity index (χ0v) is 16.0. The van der Waals surface area contributed by atoms with Gasteiger partial charge >= 0.3 is 5.69 Å². The number of H-pyrrole nitrogens is 1. The van der Waals surface area contributed by atoms with Crippen LogP contribution in [0.1, 0.15) is 19.4 Å². The molecule has 0 aliphatic carbocycles. The molecule has 0 amide bonds. The normalized spacial score (nSPS) is 20.1. The first-order chi connectivity index (χ1) is 13.3. The first kappa shape index (κ1) is 18.4.